The molecule has 0 saturated carbocycles. The third-order valence-electron chi connectivity index (χ3n) is 3.89. The van der Waals surface area contributed by atoms with E-state index in [1.165, 1.54) is 43.6 Å². The van der Waals surface area contributed by atoms with Crippen molar-refractivity contribution in [2.75, 3.05) is 7.05 Å². The van der Waals surface area contributed by atoms with E-state index in [4.69, 9.17) is 23.2 Å². The summed E-state index contributed by atoms with van der Waals surface area (Å²) in [7, 11) is 1.40. The van der Waals surface area contributed by atoms with E-state index < -0.39 is 23.3 Å². The van der Waals surface area contributed by atoms with Crippen molar-refractivity contribution in [3.8, 4) is 5.69 Å². The normalized spacial score (nSPS) is 11.5. The van der Waals surface area contributed by atoms with E-state index in [0.717, 1.165) is 11.1 Å². The molecule has 0 aliphatic rings. The Balaban J connectivity index is 1.95. The van der Waals surface area contributed by atoms with Gasteiger partial charge in [-0.15, -0.1) is 0 Å². The summed E-state index contributed by atoms with van der Waals surface area (Å²) < 4.78 is 41.8. The summed E-state index contributed by atoms with van der Waals surface area (Å²) in [4.78, 5) is 17.7. The Kier molecular flexibility index (Phi) is 5.62. The van der Waals surface area contributed by atoms with Crippen molar-refractivity contribution < 1.29 is 18.0 Å². The molecule has 0 aliphatic carbocycles. The predicted molar refractivity (Wildman–Crippen MR) is 98.6 cm³/mol. The molecule has 0 bridgehead atoms. The second-order valence-electron chi connectivity index (χ2n) is 5.94. The molecule has 1 aromatic carbocycles. The quantitative estimate of drug-likeness (QED) is 0.557. The third-order valence-corrected chi connectivity index (χ3v) is 4.37. The van der Waals surface area contributed by atoms with Gasteiger partial charge >= 0.3 is 6.18 Å². The Morgan fingerprint density at radius 2 is 1.79 bits per heavy atom. The van der Waals surface area contributed by atoms with Crippen LogP contribution < -0.4 is 0 Å². The summed E-state index contributed by atoms with van der Waals surface area (Å²) in [6.45, 7) is 0.0619. The van der Waals surface area contributed by atoms with Crippen molar-refractivity contribution >= 4 is 29.1 Å². The fourth-order valence-corrected chi connectivity index (χ4v) is 2.84. The number of aromatic nitrogens is 3. The molecule has 3 rings (SSSR count). The van der Waals surface area contributed by atoms with Crippen molar-refractivity contribution in [3.05, 3.63) is 75.8 Å². The number of rotatable bonds is 4. The van der Waals surface area contributed by atoms with Gasteiger partial charge in [-0.05, 0) is 35.9 Å². The zero-order valence-electron chi connectivity index (χ0n) is 14.4. The lowest BCUT2D eigenvalue weighted by Gasteiger charge is -2.18. The molecule has 0 atom stereocenters. The van der Waals surface area contributed by atoms with Gasteiger partial charge < -0.3 is 4.90 Å². The van der Waals surface area contributed by atoms with Crippen LogP contribution in [0, 0.1) is 0 Å². The van der Waals surface area contributed by atoms with Crippen LogP contribution in [0.5, 0.6) is 0 Å². The molecule has 3 aromatic rings. The number of halogens is 5. The summed E-state index contributed by atoms with van der Waals surface area (Å²) in [5.41, 5.74) is -0.938. The van der Waals surface area contributed by atoms with Crippen LogP contribution in [-0.2, 0) is 12.7 Å². The summed E-state index contributed by atoms with van der Waals surface area (Å²) in [6.07, 6.45) is -2.42. The highest BCUT2D eigenvalue weighted by Gasteiger charge is 2.41. The lowest BCUT2D eigenvalue weighted by molar-refractivity contribution is -0.143. The number of pyridine rings is 1. The molecule has 2 aromatic heterocycles. The molecule has 10 heteroatoms. The molecule has 5 nitrogen and oxygen atoms in total. The van der Waals surface area contributed by atoms with E-state index in [1.807, 2.05) is 0 Å². The Morgan fingerprint density at radius 3 is 2.36 bits per heavy atom. The fourth-order valence-electron chi connectivity index (χ4n) is 2.61. The average Bonchev–Trinajstić information content (AvgIpc) is 3.09. The first-order valence-corrected chi connectivity index (χ1v) is 8.69. The molecular weight excluding hydrogens is 416 g/mol. The van der Waals surface area contributed by atoms with Gasteiger partial charge in [-0.25, -0.2) is 9.67 Å². The number of benzene rings is 1. The first-order chi connectivity index (χ1) is 13.2. The summed E-state index contributed by atoms with van der Waals surface area (Å²) in [5.74, 6) is -0.817. The van der Waals surface area contributed by atoms with E-state index in [2.05, 4.69) is 10.1 Å². The number of alkyl halides is 3. The maximum atomic E-state index is 13.7. The number of nitrogens with zero attached hydrogens (tertiary/aromatic N) is 4. The largest absolute Gasteiger partial charge is 0.434 e. The van der Waals surface area contributed by atoms with Crippen LogP contribution >= 0.6 is 23.2 Å². The maximum Gasteiger partial charge on any atom is 0.434 e. The summed E-state index contributed by atoms with van der Waals surface area (Å²) >= 11 is 11.5. The third kappa shape index (κ3) is 4.28. The highest BCUT2D eigenvalue weighted by atomic mass is 35.5. The van der Waals surface area contributed by atoms with Crippen LogP contribution in [0.3, 0.4) is 0 Å². The molecule has 0 saturated heterocycles. The second-order valence-corrected chi connectivity index (χ2v) is 6.77. The molecule has 0 aliphatic heterocycles. The number of carbonyl (C=O) groups excluding carboxylic acids is 1. The zero-order chi connectivity index (χ0) is 20.5. The molecule has 0 unspecified atom stereocenters. The van der Waals surface area contributed by atoms with Gasteiger partial charge in [0.2, 0.25) is 0 Å². The smallest absolute Gasteiger partial charge is 0.337 e. The van der Waals surface area contributed by atoms with Crippen molar-refractivity contribution in [1.82, 2.24) is 19.7 Å². The molecule has 0 spiro atoms. The molecule has 28 heavy (non-hydrogen) atoms. The Morgan fingerprint density at radius 1 is 1.11 bits per heavy atom. The molecule has 146 valence electrons. The van der Waals surface area contributed by atoms with E-state index in [0.29, 0.717) is 15.3 Å². The predicted octanol–water partition coefficient (Wildman–Crippen LogP) is 4.87. The van der Waals surface area contributed by atoms with Crippen molar-refractivity contribution in [1.29, 1.82) is 0 Å². The van der Waals surface area contributed by atoms with Crippen LogP contribution in [0.25, 0.3) is 5.69 Å². The standard InChI is InChI=1S/C18H13Cl2F3N4O/c1-26(10-11-2-7-15(20)24-8-11)17(28)14-9-25-27(16(14)18(21,22)23)13-5-3-12(19)4-6-13/h2-9H,10H2,1H3. The van der Waals surface area contributed by atoms with E-state index >= 15 is 0 Å². The van der Waals surface area contributed by atoms with Gasteiger partial charge in [0, 0.05) is 24.8 Å². The van der Waals surface area contributed by atoms with E-state index in [9.17, 15) is 18.0 Å². The number of carbonyl (C=O) groups is 1. The molecule has 0 N–H and O–H groups in total. The van der Waals surface area contributed by atoms with Gasteiger partial charge in [0.05, 0.1) is 17.4 Å². The van der Waals surface area contributed by atoms with Gasteiger partial charge in [-0.2, -0.15) is 18.3 Å². The number of amides is 1. The van der Waals surface area contributed by atoms with Gasteiger partial charge in [0.15, 0.2) is 5.69 Å². The zero-order valence-corrected chi connectivity index (χ0v) is 15.9. The number of hydrogen-bond acceptors (Lipinski definition) is 3. The first kappa shape index (κ1) is 20.2. The molecule has 0 fully saturated rings. The van der Waals surface area contributed by atoms with Crippen LogP contribution in [0.1, 0.15) is 21.6 Å². The van der Waals surface area contributed by atoms with Gasteiger partial charge in [-0.1, -0.05) is 29.3 Å². The van der Waals surface area contributed by atoms with Crippen molar-refractivity contribution in [2.24, 2.45) is 0 Å². The minimum absolute atomic E-state index is 0.0619. The topological polar surface area (TPSA) is 51.0 Å². The van der Waals surface area contributed by atoms with Gasteiger partial charge in [-0.3, -0.25) is 4.79 Å². The minimum atomic E-state index is -4.79. The molecule has 0 radical (unpaired) electrons. The highest BCUT2D eigenvalue weighted by Crippen LogP contribution is 2.34. The maximum absolute atomic E-state index is 13.7. The second kappa shape index (κ2) is 7.81. The average molecular weight is 429 g/mol. The Labute approximate surface area is 168 Å². The van der Waals surface area contributed by atoms with E-state index in [-0.39, 0.29) is 17.4 Å². The minimum Gasteiger partial charge on any atom is -0.337 e. The highest BCUT2D eigenvalue weighted by molar-refractivity contribution is 6.30. The van der Waals surface area contributed by atoms with Crippen LogP contribution in [-0.4, -0.2) is 32.6 Å². The monoisotopic (exact) mass is 428 g/mol. The lowest BCUT2D eigenvalue weighted by atomic mass is 10.2. The summed E-state index contributed by atoms with van der Waals surface area (Å²) in [6, 6.07) is 8.85. The van der Waals surface area contributed by atoms with Crippen LogP contribution in [0.2, 0.25) is 10.2 Å². The first-order valence-electron chi connectivity index (χ1n) is 7.94. The van der Waals surface area contributed by atoms with Crippen LogP contribution in [0.15, 0.2) is 48.8 Å². The molecular formula is C18H13Cl2F3N4O. The van der Waals surface area contributed by atoms with Gasteiger partial charge in [0.1, 0.15) is 5.15 Å². The Hall–Kier alpha value is -2.58. The molecule has 1 amide bonds. The van der Waals surface area contributed by atoms with Crippen molar-refractivity contribution in [2.45, 2.75) is 12.7 Å². The van der Waals surface area contributed by atoms with Crippen molar-refractivity contribution in [3.63, 3.8) is 0 Å². The number of hydrogen-bond donors (Lipinski definition) is 0. The van der Waals surface area contributed by atoms with Crippen LogP contribution in [0.4, 0.5) is 13.2 Å². The Bertz CT molecular complexity index is 986. The fraction of sp³-hybridized carbons (Fsp3) is 0.167. The van der Waals surface area contributed by atoms with E-state index in [1.54, 1.807) is 6.07 Å². The SMILES string of the molecule is CN(Cc1ccc(Cl)nc1)C(=O)c1cnn(-c2ccc(Cl)cc2)c1C(F)(F)F. The molecule has 2 heterocycles. The van der Waals surface area contributed by atoms with Gasteiger partial charge in [0.25, 0.3) is 5.91 Å². The summed E-state index contributed by atoms with van der Waals surface area (Å²) in [5, 5.41) is 4.43. The lowest BCUT2D eigenvalue weighted by Crippen LogP contribution is -2.28.